The third-order valence-electron chi connectivity index (χ3n) is 4.80. The normalized spacial score (nSPS) is 14.6. The van der Waals surface area contributed by atoms with Gasteiger partial charge in [0.05, 0.1) is 23.8 Å². The summed E-state index contributed by atoms with van der Waals surface area (Å²) >= 11 is 7.29. The minimum absolute atomic E-state index is 0.0951. The molecule has 0 atom stereocenters. The van der Waals surface area contributed by atoms with E-state index in [0.29, 0.717) is 52.3 Å². The number of carbonyl (C=O) groups excluding carboxylic acids is 1. The Labute approximate surface area is 188 Å². The van der Waals surface area contributed by atoms with Gasteiger partial charge in [-0.3, -0.25) is 9.52 Å². The predicted molar refractivity (Wildman–Crippen MR) is 116 cm³/mol. The van der Waals surface area contributed by atoms with Crippen molar-refractivity contribution < 1.29 is 22.5 Å². The maximum atomic E-state index is 13.0. The van der Waals surface area contributed by atoms with Gasteiger partial charge in [0, 0.05) is 23.0 Å². The minimum atomic E-state index is -3.87. The van der Waals surface area contributed by atoms with Crippen LogP contribution in [0.25, 0.3) is 10.7 Å². The van der Waals surface area contributed by atoms with Crippen LogP contribution in [0, 0.1) is 13.8 Å². The lowest BCUT2D eigenvalue weighted by atomic mass is 10.2. The largest absolute Gasteiger partial charge is 0.378 e. The van der Waals surface area contributed by atoms with Crippen LogP contribution in [0.5, 0.6) is 0 Å². The Kier molecular flexibility index (Phi) is 6.02. The highest BCUT2D eigenvalue weighted by Gasteiger charge is 2.27. The number of hydrogen-bond acceptors (Lipinski definition) is 8. The average Bonchev–Trinajstić information content (AvgIpc) is 3.39. The molecule has 4 rings (SSSR count). The number of aromatic nitrogens is 2. The first-order valence-electron chi connectivity index (χ1n) is 9.36. The Morgan fingerprint density at radius 2 is 2.00 bits per heavy atom. The fraction of sp³-hybridized carbons (Fsp3) is 0.316. The van der Waals surface area contributed by atoms with E-state index in [1.54, 1.807) is 36.9 Å². The highest BCUT2D eigenvalue weighted by atomic mass is 35.5. The number of nitrogens with zero attached hydrogens (tertiary/aromatic N) is 3. The van der Waals surface area contributed by atoms with Crippen molar-refractivity contribution in [3.05, 3.63) is 45.6 Å². The number of nitrogens with one attached hydrogen (secondary N) is 1. The van der Waals surface area contributed by atoms with Crippen LogP contribution in [-0.4, -0.2) is 55.7 Å². The van der Waals surface area contributed by atoms with E-state index in [4.69, 9.17) is 20.9 Å². The minimum Gasteiger partial charge on any atom is -0.378 e. The molecular formula is C19H19ClN4O5S2. The molecule has 1 fully saturated rings. The number of ether oxygens (including phenoxy) is 1. The number of carbonyl (C=O) groups is 1. The molecule has 1 N–H and O–H groups in total. The number of hydrogen-bond donors (Lipinski definition) is 1. The van der Waals surface area contributed by atoms with Gasteiger partial charge in [0.2, 0.25) is 5.82 Å². The molecule has 1 aromatic carbocycles. The van der Waals surface area contributed by atoms with Crippen molar-refractivity contribution in [2.24, 2.45) is 0 Å². The van der Waals surface area contributed by atoms with Crippen molar-refractivity contribution in [2.45, 2.75) is 18.7 Å². The van der Waals surface area contributed by atoms with E-state index in [2.05, 4.69) is 14.9 Å². The van der Waals surface area contributed by atoms with Gasteiger partial charge >= 0.3 is 11.8 Å². The first-order valence-corrected chi connectivity index (χ1v) is 12.0. The molecule has 3 aromatic rings. The number of aryl methyl sites for hydroxylation is 1. The van der Waals surface area contributed by atoms with Crippen LogP contribution >= 0.6 is 22.9 Å². The molecule has 1 aliphatic heterocycles. The van der Waals surface area contributed by atoms with Crippen molar-refractivity contribution in [2.75, 3.05) is 31.0 Å². The molecule has 164 valence electrons. The Hall–Kier alpha value is -2.47. The number of benzene rings is 1. The standard InChI is InChI=1S/C19H19ClN4O5S2/c1-11-13(20)4-3-5-14(11)23-31(26,27)16-10-15(30-12(16)2)17-21-18(29-22-17)19(25)24-6-8-28-9-7-24/h3-5,10,23H,6-9H2,1-2H3. The topological polar surface area (TPSA) is 115 Å². The van der Waals surface area contributed by atoms with E-state index >= 15 is 0 Å². The van der Waals surface area contributed by atoms with E-state index in [0.717, 1.165) is 0 Å². The zero-order valence-electron chi connectivity index (χ0n) is 16.7. The Morgan fingerprint density at radius 3 is 2.74 bits per heavy atom. The Bertz CT molecular complexity index is 1230. The molecule has 0 bridgehead atoms. The van der Waals surface area contributed by atoms with E-state index in [9.17, 15) is 13.2 Å². The maximum absolute atomic E-state index is 13.0. The Balaban J connectivity index is 1.58. The van der Waals surface area contributed by atoms with Gasteiger partial charge in [0.15, 0.2) is 0 Å². The van der Waals surface area contributed by atoms with Gasteiger partial charge in [0.25, 0.3) is 10.0 Å². The molecule has 0 unspecified atom stereocenters. The van der Waals surface area contributed by atoms with Crippen molar-refractivity contribution in [3.8, 4) is 10.7 Å². The number of thiophene rings is 1. The van der Waals surface area contributed by atoms with Gasteiger partial charge < -0.3 is 14.2 Å². The summed E-state index contributed by atoms with van der Waals surface area (Å²) in [5.74, 6) is -0.355. The number of rotatable bonds is 5. The molecule has 0 radical (unpaired) electrons. The fourth-order valence-corrected chi connectivity index (χ4v) is 5.89. The highest BCUT2D eigenvalue weighted by molar-refractivity contribution is 7.93. The molecule has 31 heavy (non-hydrogen) atoms. The van der Waals surface area contributed by atoms with E-state index in [1.165, 1.54) is 17.4 Å². The molecule has 9 nitrogen and oxygen atoms in total. The zero-order chi connectivity index (χ0) is 22.2. The van der Waals surface area contributed by atoms with Crippen LogP contribution in [-0.2, 0) is 14.8 Å². The SMILES string of the molecule is Cc1sc(-c2noc(C(=O)N3CCOCC3)n2)cc1S(=O)(=O)Nc1cccc(Cl)c1C. The zero-order valence-corrected chi connectivity index (χ0v) is 19.1. The first kappa shape index (κ1) is 21.8. The molecule has 2 aromatic heterocycles. The molecule has 12 heteroatoms. The van der Waals surface area contributed by atoms with Gasteiger partial charge in [-0.25, -0.2) is 8.42 Å². The molecule has 0 spiro atoms. The van der Waals surface area contributed by atoms with Crippen LogP contribution in [0.1, 0.15) is 21.1 Å². The molecular weight excluding hydrogens is 464 g/mol. The predicted octanol–water partition coefficient (Wildman–Crippen LogP) is 3.34. The van der Waals surface area contributed by atoms with Gasteiger partial charge in [-0.1, -0.05) is 22.8 Å². The van der Waals surface area contributed by atoms with Crippen LogP contribution in [0.2, 0.25) is 5.02 Å². The van der Waals surface area contributed by atoms with E-state index in [-0.39, 0.29) is 22.5 Å². The van der Waals surface area contributed by atoms with E-state index in [1.807, 2.05) is 0 Å². The second kappa shape index (κ2) is 8.58. The third-order valence-corrected chi connectivity index (χ3v) is 7.88. The fourth-order valence-electron chi connectivity index (χ4n) is 3.07. The maximum Gasteiger partial charge on any atom is 0.316 e. The second-order valence-corrected chi connectivity index (χ2v) is 10.2. The van der Waals surface area contributed by atoms with Gasteiger partial charge in [0.1, 0.15) is 4.90 Å². The summed E-state index contributed by atoms with van der Waals surface area (Å²) in [5, 5.41) is 4.33. The lowest BCUT2D eigenvalue weighted by Gasteiger charge is -2.25. The van der Waals surface area contributed by atoms with Crippen LogP contribution in [0.15, 0.2) is 33.7 Å². The second-order valence-electron chi connectivity index (χ2n) is 6.88. The average molecular weight is 483 g/mol. The third kappa shape index (κ3) is 4.45. The summed E-state index contributed by atoms with van der Waals surface area (Å²) in [6.07, 6.45) is 0. The monoisotopic (exact) mass is 482 g/mol. The van der Waals surface area contributed by atoms with Crippen molar-refractivity contribution in [1.29, 1.82) is 0 Å². The highest BCUT2D eigenvalue weighted by Crippen LogP contribution is 2.34. The number of sulfonamides is 1. The van der Waals surface area contributed by atoms with Gasteiger partial charge in [-0.05, 0) is 37.6 Å². The number of anilines is 1. The van der Waals surface area contributed by atoms with Crippen molar-refractivity contribution >= 4 is 44.6 Å². The Morgan fingerprint density at radius 1 is 1.26 bits per heavy atom. The van der Waals surface area contributed by atoms with Gasteiger partial charge in [-0.2, -0.15) is 4.98 Å². The molecule has 0 aliphatic carbocycles. The molecule has 1 saturated heterocycles. The summed E-state index contributed by atoms with van der Waals surface area (Å²) in [5.41, 5.74) is 1.03. The first-order chi connectivity index (χ1) is 14.8. The molecule has 1 amide bonds. The molecule has 3 heterocycles. The lowest BCUT2D eigenvalue weighted by Crippen LogP contribution is -2.40. The molecule has 0 saturated carbocycles. The lowest BCUT2D eigenvalue weighted by molar-refractivity contribution is 0.0272. The summed E-state index contributed by atoms with van der Waals surface area (Å²) in [7, 11) is -3.87. The van der Waals surface area contributed by atoms with Crippen LogP contribution in [0.3, 0.4) is 0 Å². The van der Waals surface area contributed by atoms with Gasteiger partial charge in [-0.15, -0.1) is 11.3 Å². The van der Waals surface area contributed by atoms with Crippen LogP contribution < -0.4 is 4.72 Å². The van der Waals surface area contributed by atoms with Crippen LogP contribution in [0.4, 0.5) is 5.69 Å². The summed E-state index contributed by atoms with van der Waals surface area (Å²) < 4.78 is 38.9. The number of amides is 1. The van der Waals surface area contributed by atoms with Crippen molar-refractivity contribution in [3.63, 3.8) is 0 Å². The quantitative estimate of drug-likeness (QED) is 0.593. The summed E-state index contributed by atoms with van der Waals surface area (Å²) in [6.45, 7) is 5.23. The van der Waals surface area contributed by atoms with E-state index < -0.39 is 10.0 Å². The smallest absolute Gasteiger partial charge is 0.316 e. The summed E-state index contributed by atoms with van der Waals surface area (Å²) in [6, 6.07) is 6.47. The van der Waals surface area contributed by atoms with Crippen molar-refractivity contribution in [1.82, 2.24) is 15.0 Å². The summed E-state index contributed by atoms with van der Waals surface area (Å²) in [4.78, 5) is 19.4. The number of halogens is 1. The number of morpholine rings is 1. The molecule has 1 aliphatic rings.